The molecule has 1 aromatic heterocycles. The molecule has 2 aliphatic heterocycles. The molecule has 356 valence electrons. The first-order valence-corrected chi connectivity index (χ1v) is 24.4. The Morgan fingerprint density at radius 3 is 2.30 bits per heavy atom. The van der Waals surface area contributed by atoms with Gasteiger partial charge >= 0.3 is 0 Å². The summed E-state index contributed by atoms with van der Waals surface area (Å²) in [6.45, 7) is 14.9. The van der Waals surface area contributed by atoms with Gasteiger partial charge in [-0.25, -0.2) is 0 Å². The lowest BCUT2D eigenvalue weighted by atomic mass is 9.72. The number of hydroxylamine groups is 2. The number of nitrogens with one attached hydrogen (secondary N) is 2. The van der Waals surface area contributed by atoms with Crippen LogP contribution in [0.25, 0.3) is 0 Å². The lowest BCUT2D eigenvalue weighted by Gasteiger charge is -2.47. The number of allylic oxidation sites excluding steroid dienone is 4. The highest BCUT2D eigenvalue weighted by Gasteiger charge is 2.63. The second kappa shape index (κ2) is 21.1. The average Bonchev–Trinajstić information content (AvgIpc) is 3.99. The molecule has 1 aromatic rings. The van der Waals surface area contributed by atoms with Gasteiger partial charge in [0, 0.05) is 51.2 Å². The topological polar surface area (TPSA) is 179 Å². The zero-order valence-corrected chi connectivity index (χ0v) is 40.1. The number of carbonyl (C=O) groups is 5. The molecular weight excluding hydrogens is 813 g/mol. The van der Waals surface area contributed by atoms with Crippen LogP contribution in [0.3, 0.4) is 0 Å². The summed E-state index contributed by atoms with van der Waals surface area (Å²) >= 11 is 0. The van der Waals surface area contributed by atoms with Gasteiger partial charge in [0.05, 0.1) is 47.6 Å². The van der Waals surface area contributed by atoms with E-state index in [1.807, 2.05) is 60.6 Å². The van der Waals surface area contributed by atoms with Crippen molar-refractivity contribution in [2.24, 2.45) is 29.6 Å². The third-order valence-corrected chi connectivity index (χ3v) is 15.7. The zero-order chi connectivity index (χ0) is 46.4. The summed E-state index contributed by atoms with van der Waals surface area (Å²) in [6.07, 6.45) is 20.6. The third kappa shape index (κ3) is 10.4. The van der Waals surface area contributed by atoms with Crippen LogP contribution in [0.4, 0.5) is 0 Å². The number of carbonyl (C=O) groups excluding carboxylic acids is 5. The highest BCUT2D eigenvalue weighted by atomic mass is 16.5. The van der Waals surface area contributed by atoms with Crippen LogP contribution in [0.5, 0.6) is 0 Å². The minimum absolute atomic E-state index is 0.0231. The van der Waals surface area contributed by atoms with Crippen molar-refractivity contribution in [3.63, 3.8) is 0 Å². The Balaban J connectivity index is 1.13. The number of fused-ring (bicyclic) bond motifs is 1. The van der Waals surface area contributed by atoms with Crippen LogP contribution < -0.4 is 10.6 Å². The Hall–Kier alpha value is -3.95. The van der Waals surface area contributed by atoms with E-state index in [1.165, 1.54) is 11.3 Å². The molecule has 6 rings (SSSR count). The van der Waals surface area contributed by atoms with Crippen LogP contribution in [0.1, 0.15) is 157 Å². The number of nitrogens with zero attached hydrogens (tertiary/aromatic N) is 6. The normalized spacial score (nSPS) is 26.4. The summed E-state index contributed by atoms with van der Waals surface area (Å²) in [4.78, 5) is 73.2. The molecule has 15 nitrogen and oxygen atoms in total. The smallest absolute Gasteiger partial charge is 0.234 e. The van der Waals surface area contributed by atoms with Crippen LogP contribution in [-0.2, 0) is 41.8 Å². The molecule has 0 radical (unpaired) electrons. The molecule has 64 heavy (non-hydrogen) atoms. The molecule has 2 spiro atoms. The largest absolute Gasteiger partial charge is 0.385 e. The molecule has 3 aliphatic carbocycles. The minimum atomic E-state index is -1.10. The van der Waals surface area contributed by atoms with Gasteiger partial charge in [0.2, 0.25) is 29.5 Å². The summed E-state index contributed by atoms with van der Waals surface area (Å²) < 4.78 is 6.86. The Morgan fingerprint density at radius 1 is 1.00 bits per heavy atom. The number of likely N-dealkylation sites (tertiary alicyclic amines) is 1. The molecule has 2 saturated heterocycles. The Labute approximate surface area is 381 Å². The monoisotopic (exact) mass is 891 g/mol. The lowest BCUT2D eigenvalue weighted by Crippen LogP contribution is -2.61. The third-order valence-electron chi connectivity index (χ3n) is 15.7. The van der Waals surface area contributed by atoms with Crippen LogP contribution >= 0.6 is 0 Å². The van der Waals surface area contributed by atoms with Crippen molar-refractivity contribution in [1.82, 2.24) is 40.5 Å². The van der Waals surface area contributed by atoms with Gasteiger partial charge in [-0.05, 0) is 112 Å². The van der Waals surface area contributed by atoms with Gasteiger partial charge in [0.1, 0.15) is 5.69 Å². The summed E-state index contributed by atoms with van der Waals surface area (Å²) in [7, 11) is 1.61. The number of rotatable bonds is 19. The molecule has 3 N–H and O–H groups in total. The summed E-state index contributed by atoms with van der Waals surface area (Å²) in [6, 6.07) is -0.771. The van der Waals surface area contributed by atoms with Crippen LogP contribution in [0.2, 0.25) is 0 Å². The quantitative estimate of drug-likeness (QED) is 0.0789. The van der Waals surface area contributed by atoms with E-state index >= 15 is 0 Å². The number of hydrogen-bond donors (Lipinski definition) is 3. The van der Waals surface area contributed by atoms with E-state index in [2.05, 4.69) is 27.0 Å². The van der Waals surface area contributed by atoms with Crippen molar-refractivity contribution >= 4 is 29.5 Å². The number of methoxy groups -OCH3 is 1. The van der Waals surface area contributed by atoms with E-state index in [-0.39, 0.29) is 78.3 Å². The molecule has 5 fully saturated rings. The fraction of sp³-hybridized carbons (Fsp3) is 0.776. The van der Waals surface area contributed by atoms with E-state index in [9.17, 15) is 29.2 Å². The average molecular weight is 891 g/mol. The number of aryl methyl sites for hydroxylation is 1. The lowest BCUT2D eigenvalue weighted by molar-refractivity contribution is -0.231. The second-order valence-corrected chi connectivity index (χ2v) is 20.6. The predicted octanol–water partition coefficient (Wildman–Crippen LogP) is 6.50. The molecule has 5 aliphatic rings. The molecule has 15 heteroatoms. The van der Waals surface area contributed by atoms with Crippen molar-refractivity contribution < 1.29 is 33.9 Å². The Kier molecular flexibility index (Phi) is 16.3. The van der Waals surface area contributed by atoms with Gasteiger partial charge < -0.3 is 25.5 Å². The first kappa shape index (κ1) is 49.5. The second-order valence-electron chi connectivity index (χ2n) is 20.6. The molecule has 3 heterocycles. The van der Waals surface area contributed by atoms with Gasteiger partial charge in [-0.3, -0.25) is 33.6 Å². The maximum absolute atomic E-state index is 14.5. The molecular formula is C49H78N8O7. The van der Waals surface area contributed by atoms with Crippen molar-refractivity contribution in [2.75, 3.05) is 20.3 Å². The maximum Gasteiger partial charge on any atom is 0.234 e. The van der Waals surface area contributed by atoms with E-state index < -0.39 is 29.0 Å². The minimum Gasteiger partial charge on any atom is -0.385 e. The molecule has 3 saturated carbocycles. The molecule has 7 atom stereocenters. The van der Waals surface area contributed by atoms with Gasteiger partial charge in [-0.2, -0.15) is 5.06 Å². The van der Waals surface area contributed by atoms with Crippen LogP contribution in [-0.4, -0.2) is 114 Å². The predicted molar refractivity (Wildman–Crippen MR) is 243 cm³/mol. The zero-order valence-electron chi connectivity index (χ0n) is 40.1. The highest BCUT2D eigenvalue weighted by Crippen LogP contribution is 2.56. The van der Waals surface area contributed by atoms with Crippen molar-refractivity contribution in [3.8, 4) is 0 Å². The molecule has 0 aromatic carbocycles. The number of hydrogen-bond acceptors (Lipinski definition) is 10. The molecule has 5 amide bonds. The fourth-order valence-electron chi connectivity index (χ4n) is 12.2. The SMILES string of the molecule is C/C=C/C1CC(C=C(C)C)C2C(=O)N(C(C)(C)C(C)N(Cc3cn(CCCNC(=O)C4CC5(CCCCC5)N(O)C45CCCCC5)nn3)C(=O)CCC(=O)NC(C)CCOC)C(=O)C12. The van der Waals surface area contributed by atoms with Crippen molar-refractivity contribution in [2.45, 2.75) is 193 Å². The number of imide groups is 1. The summed E-state index contributed by atoms with van der Waals surface area (Å²) in [5.41, 5.74) is -0.260. The summed E-state index contributed by atoms with van der Waals surface area (Å²) in [5, 5.41) is 28.4. The molecule has 7 unspecified atom stereocenters. The number of aromatic nitrogens is 3. The van der Waals surface area contributed by atoms with Gasteiger partial charge in [0.25, 0.3) is 0 Å². The Morgan fingerprint density at radius 2 is 1.66 bits per heavy atom. The van der Waals surface area contributed by atoms with Gasteiger partial charge in [0.15, 0.2) is 0 Å². The summed E-state index contributed by atoms with van der Waals surface area (Å²) in [5.74, 6) is -2.26. The fourth-order valence-corrected chi connectivity index (χ4v) is 12.2. The van der Waals surface area contributed by atoms with Crippen molar-refractivity contribution in [1.29, 1.82) is 0 Å². The van der Waals surface area contributed by atoms with Crippen molar-refractivity contribution in [3.05, 3.63) is 35.7 Å². The Bertz CT molecular complexity index is 1880. The van der Waals surface area contributed by atoms with E-state index in [0.717, 1.165) is 69.8 Å². The van der Waals surface area contributed by atoms with E-state index in [1.54, 1.807) is 28.0 Å². The first-order valence-electron chi connectivity index (χ1n) is 24.4. The van der Waals surface area contributed by atoms with Gasteiger partial charge in [-0.1, -0.05) is 67.5 Å². The van der Waals surface area contributed by atoms with E-state index in [4.69, 9.17) is 4.74 Å². The number of amides is 5. The van der Waals surface area contributed by atoms with Crippen LogP contribution in [0.15, 0.2) is 30.0 Å². The van der Waals surface area contributed by atoms with Crippen LogP contribution in [0, 0.1) is 29.6 Å². The standard InChI is InChI=1S/C49H78N8O7/c1-9-17-36-29-37(28-33(2)3)43-42(36)45(61)56(46(43)62)47(6,7)35(5)55(41(59)19-18-40(58)51-34(4)20-27-64-8)32-38-31-54(53-52-38)26-16-25-50-44(60)39-30-48(21-12-10-13-22-48)57(63)49(39)23-14-11-15-24-49/h9,17,28,31,34-37,39,42-43,63H,10-16,18-27,29-30,32H2,1-8H3,(H,50,60)(H,51,58)/b17-9+. The maximum atomic E-state index is 14.5. The molecule has 0 bridgehead atoms. The number of ether oxygens (including phenoxy) is 1. The van der Waals surface area contributed by atoms with E-state index in [0.29, 0.717) is 44.7 Å². The highest BCUT2D eigenvalue weighted by molar-refractivity contribution is 6.07. The first-order chi connectivity index (χ1) is 30.5. The van der Waals surface area contributed by atoms with Gasteiger partial charge in [-0.15, -0.1) is 5.10 Å².